The zero-order valence-corrected chi connectivity index (χ0v) is 10.1. The standard InChI is InChI=1S/C12H11N3O4/c1-7-4-9(19-15-7)6-14-11(16)8-2-3-13-10(5-8)12(17)18/h2-5H,6H2,1H3,(H,14,16)(H,17,18). The summed E-state index contributed by atoms with van der Waals surface area (Å²) in [5, 5.41) is 15.1. The molecular formula is C12H11N3O4. The van der Waals surface area contributed by atoms with Gasteiger partial charge in [-0.1, -0.05) is 5.16 Å². The molecule has 0 aromatic carbocycles. The summed E-state index contributed by atoms with van der Waals surface area (Å²) in [5.74, 6) is -1.06. The van der Waals surface area contributed by atoms with Crippen molar-refractivity contribution in [1.29, 1.82) is 0 Å². The minimum atomic E-state index is -1.18. The van der Waals surface area contributed by atoms with Crippen LogP contribution in [0.15, 0.2) is 28.9 Å². The number of rotatable bonds is 4. The molecular weight excluding hydrogens is 250 g/mol. The maximum absolute atomic E-state index is 11.8. The summed E-state index contributed by atoms with van der Waals surface area (Å²) in [7, 11) is 0. The topological polar surface area (TPSA) is 105 Å². The third kappa shape index (κ3) is 3.15. The number of hydrogen-bond donors (Lipinski definition) is 2. The number of aryl methyl sites for hydroxylation is 1. The number of carbonyl (C=O) groups is 2. The molecule has 0 saturated heterocycles. The zero-order chi connectivity index (χ0) is 13.8. The third-order valence-corrected chi connectivity index (χ3v) is 2.34. The Labute approximate surface area is 108 Å². The molecule has 19 heavy (non-hydrogen) atoms. The number of carboxylic acids is 1. The fourth-order valence-electron chi connectivity index (χ4n) is 1.46. The molecule has 2 rings (SSSR count). The average molecular weight is 261 g/mol. The highest BCUT2D eigenvalue weighted by Crippen LogP contribution is 2.04. The Morgan fingerprint density at radius 2 is 2.21 bits per heavy atom. The highest BCUT2D eigenvalue weighted by atomic mass is 16.5. The fraction of sp³-hybridized carbons (Fsp3) is 0.167. The van der Waals surface area contributed by atoms with Gasteiger partial charge in [0.15, 0.2) is 5.76 Å². The van der Waals surface area contributed by atoms with Gasteiger partial charge in [-0.25, -0.2) is 9.78 Å². The summed E-state index contributed by atoms with van der Waals surface area (Å²) >= 11 is 0. The van der Waals surface area contributed by atoms with Gasteiger partial charge < -0.3 is 14.9 Å². The Morgan fingerprint density at radius 1 is 1.42 bits per heavy atom. The Kier molecular flexibility index (Phi) is 3.56. The summed E-state index contributed by atoms with van der Waals surface area (Å²) in [5.41, 5.74) is 0.771. The van der Waals surface area contributed by atoms with Crippen molar-refractivity contribution in [3.8, 4) is 0 Å². The zero-order valence-electron chi connectivity index (χ0n) is 10.1. The molecule has 7 heteroatoms. The first-order chi connectivity index (χ1) is 9.06. The van der Waals surface area contributed by atoms with Gasteiger partial charge in [0.05, 0.1) is 12.2 Å². The number of amides is 1. The van der Waals surface area contributed by atoms with Crippen molar-refractivity contribution in [2.45, 2.75) is 13.5 Å². The van der Waals surface area contributed by atoms with Crippen LogP contribution in [0.25, 0.3) is 0 Å². The van der Waals surface area contributed by atoms with Crippen LogP contribution in [-0.2, 0) is 6.54 Å². The fourth-order valence-corrected chi connectivity index (χ4v) is 1.46. The second-order valence-electron chi connectivity index (χ2n) is 3.85. The molecule has 0 saturated carbocycles. The number of nitrogens with one attached hydrogen (secondary N) is 1. The first-order valence-corrected chi connectivity index (χ1v) is 5.46. The van der Waals surface area contributed by atoms with Crippen LogP contribution < -0.4 is 5.32 Å². The molecule has 98 valence electrons. The molecule has 7 nitrogen and oxygen atoms in total. The normalized spacial score (nSPS) is 10.2. The molecule has 0 unspecified atom stereocenters. The van der Waals surface area contributed by atoms with Crippen molar-refractivity contribution in [3.05, 3.63) is 47.1 Å². The summed E-state index contributed by atoms with van der Waals surface area (Å²) in [6, 6.07) is 4.35. The quantitative estimate of drug-likeness (QED) is 0.850. The monoisotopic (exact) mass is 261 g/mol. The maximum Gasteiger partial charge on any atom is 0.354 e. The van der Waals surface area contributed by atoms with Crippen molar-refractivity contribution >= 4 is 11.9 Å². The van der Waals surface area contributed by atoms with Gasteiger partial charge >= 0.3 is 5.97 Å². The summed E-state index contributed by atoms with van der Waals surface area (Å²) in [4.78, 5) is 26.2. The summed E-state index contributed by atoms with van der Waals surface area (Å²) < 4.78 is 4.94. The van der Waals surface area contributed by atoms with Crippen LogP contribution in [0.2, 0.25) is 0 Å². The molecule has 0 spiro atoms. The Balaban J connectivity index is 2.03. The number of pyridine rings is 1. The molecule has 0 fully saturated rings. The summed E-state index contributed by atoms with van der Waals surface area (Å²) in [6.45, 7) is 1.96. The highest BCUT2D eigenvalue weighted by molar-refractivity contribution is 5.96. The van der Waals surface area contributed by atoms with Crippen molar-refractivity contribution in [1.82, 2.24) is 15.5 Å². The van der Waals surface area contributed by atoms with E-state index in [0.717, 1.165) is 5.69 Å². The molecule has 2 N–H and O–H groups in total. The van der Waals surface area contributed by atoms with E-state index < -0.39 is 11.9 Å². The molecule has 0 atom stereocenters. The van der Waals surface area contributed by atoms with Crippen molar-refractivity contribution in [3.63, 3.8) is 0 Å². The SMILES string of the molecule is Cc1cc(CNC(=O)c2ccnc(C(=O)O)c2)on1. The van der Waals surface area contributed by atoms with E-state index in [-0.39, 0.29) is 17.8 Å². The van der Waals surface area contributed by atoms with Gasteiger partial charge in [-0.15, -0.1) is 0 Å². The van der Waals surface area contributed by atoms with Gasteiger partial charge in [0, 0.05) is 17.8 Å². The van der Waals surface area contributed by atoms with Crippen LogP contribution in [0.4, 0.5) is 0 Å². The Hall–Kier alpha value is -2.70. The number of nitrogens with zero attached hydrogens (tertiary/aromatic N) is 2. The Morgan fingerprint density at radius 3 is 2.84 bits per heavy atom. The third-order valence-electron chi connectivity index (χ3n) is 2.34. The van der Waals surface area contributed by atoms with Crippen LogP contribution in [0.1, 0.15) is 32.3 Å². The second-order valence-corrected chi connectivity index (χ2v) is 3.85. The maximum atomic E-state index is 11.8. The molecule has 0 radical (unpaired) electrons. The van der Waals surface area contributed by atoms with Gasteiger partial charge in [-0.3, -0.25) is 4.79 Å². The van der Waals surface area contributed by atoms with Crippen LogP contribution in [0.5, 0.6) is 0 Å². The smallest absolute Gasteiger partial charge is 0.354 e. The van der Waals surface area contributed by atoms with E-state index in [0.29, 0.717) is 5.76 Å². The second kappa shape index (κ2) is 5.30. The van der Waals surface area contributed by atoms with E-state index in [1.807, 2.05) is 0 Å². The average Bonchev–Trinajstić information content (AvgIpc) is 2.82. The van der Waals surface area contributed by atoms with E-state index in [1.54, 1.807) is 13.0 Å². The van der Waals surface area contributed by atoms with E-state index in [2.05, 4.69) is 15.5 Å². The minimum Gasteiger partial charge on any atom is -0.477 e. The lowest BCUT2D eigenvalue weighted by Crippen LogP contribution is -2.23. The lowest BCUT2D eigenvalue weighted by molar-refractivity contribution is 0.0690. The molecule has 0 aliphatic heterocycles. The van der Waals surface area contributed by atoms with E-state index in [4.69, 9.17) is 9.63 Å². The van der Waals surface area contributed by atoms with Gasteiger partial charge in [-0.05, 0) is 19.1 Å². The van der Waals surface area contributed by atoms with Crippen LogP contribution >= 0.6 is 0 Å². The minimum absolute atomic E-state index is 0.178. The van der Waals surface area contributed by atoms with E-state index in [9.17, 15) is 9.59 Å². The number of carbonyl (C=O) groups excluding carboxylic acids is 1. The summed E-state index contributed by atoms with van der Waals surface area (Å²) in [6.07, 6.45) is 1.27. The molecule has 2 heterocycles. The van der Waals surface area contributed by atoms with Crippen LogP contribution in [0.3, 0.4) is 0 Å². The van der Waals surface area contributed by atoms with E-state index in [1.165, 1.54) is 18.3 Å². The van der Waals surface area contributed by atoms with Gasteiger partial charge in [-0.2, -0.15) is 0 Å². The number of aromatic nitrogens is 2. The molecule has 0 aliphatic carbocycles. The predicted octanol–water partition coefficient (Wildman–Crippen LogP) is 1.01. The molecule has 2 aromatic heterocycles. The molecule has 0 aliphatic rings. The van der Waals surface area contributed by atoms with Gasteiger partial charge in [0.1, 0.15) is 5.69 Å². The molecule has 2 aromatic rings. The number of carboxylic acid groups (broad SMARTS) is 1. The highest BCUT2D eigenvalue weighted by Gasteiger charge is 2.11. The largest absolute Gasteiger partial charge is 0.477 e. The van der Waals surface area contributed by atoms with E-state index >= 15 is 0 Å². The number of hydrogen-bond acceptors (Lipinski definition) is 5. The van der Waals surface area contributed by atoms with Crippen molar-refractivity contribution in [2.24, 2.45) is 0 Å². The lowest BCUT2D eigenvalue weighted by atomic mass is 10.2. The van der Waals surface area contributed by atoms with Crippen LogP contribution in [-0.4, -0.2) is 27.1 Å². The van der Waals surface area contributed by atoms with Crippen molar-refractivity contribution < 1.29 is 19.2 Å². The molecule has 0 bridgehead atoms. The first kappa shape index (κ1) is 12.7. The lowest BCUT2D eigenvalue weighted by Gasteiger charge is -2.03. The predicted molar refractivity (Wildman–Crippen MR) is 63.6 cm³/mol. The van der Waals surface area contributed by atoms with Gasteiger partial charge in [0.25, 0.3) is 5.91 Å². The first-order valence-electron chi connectivity index (χ1n) is 5.46. The Bertz CT molecular complexity index is 621. The molecule has 1 amide bonds. The van der Waals surface area contributed by atoms with Gasteiger partial charge in [0.2, 0.25) is 0 Å². The number of aromatic carboxylic acids is 1. The van der Waals surface area contributed by atoms with Crippen molar-refractivity contribution in [2.75, 3.05) is 0 Å². The van der Waals surface area contributed by atoms with Crippen LogP contribution in [0, 0.1) is 6.92 Å².